The van der Waals surface area contributed by atoms with Crippen LogP contribution in [0.4, 0.5) is 4.39 Å². The minimum absolute atomic E-state index is 0.173. The van der Waals surface area contributed by atoms with Crippen molar-refractivity contribution >= 4 is 10.8 Å². The molecule has 2 heterocycles. The number of fused-ring (bicyclic) bond motifs is 1. The number of hydrogen-bond acceptors (Lipinski definition) is 3. The van der Waals surface area contributed by atoms with E-state index in [1.54, 1.807) is 24.3 Å². The monoisotopic (exact) mass is 395 g/mol. The van der Waals surface area contributed by atoms with E-state index in [0.29, 0.717) is 21.9 Å². The van der Waals surface area contributed by atoms with Gasteiger partial charge in [0.1, 0.15) is 17.6 Å². The van der Waals surface area contributed by atoms with Crippen molar-refractivity contribution in [2.45, 2.75) is 13.5 Å². The lowest BCUT2D eigenvalue weighted by atomic mass is 9.95. The van der Waals surface area contributed by atoms with Gasteiger partial charge in [-0.2, -0.15) is 5.26 Å². The fraction of sp³-hybridized carbons (Fsp3) is 0.0800. The zero-order valence-corrected chi connectivity index (χ0v) is 16.4. The van der Waals surface area contributed by atoms with Crippen molar-refractivity contribution in [2.24, 2.45) is 0 Å². The van der Waals surface area contributed by atoms with Crippen molar-refractivity contribution in [3.8, 4) is 28.5 Å². The number of pyridine rings is 2. The Morgan fingerprint density at radius 2 is 1.90 bits per heavy atom. The van der Waals surface area contributed by atoms with E-state index in [1.807, 2.05) is 37.3 Å². The topological polar surface area (TPSA) is 58.7 Å². The highest BCUT2D eigenvalue weighted by Crippen LogP contribution is 2.33. The number of allylic oxidation sites excluding steroid dienone is 1. The van der Waals surface area contributed by atoms with Crippen LogP contribution in [-0.2, 0) is 6.54 Å². The minimum atomic E-state index is -0.414. The molecule has 2 aromatic carbocycles. The van der Waals surface area contributed by atoms with E-state index in [4.69, 9.17) is 0 Å². The molecule has 0 N–H and O–H groups in total. The molecule has 0 saturated heterocycles. The first-order valence-electron chi connectivity index (χ1n) is 9.45. The molecule has 0 unspecified atom stereocenters. The second kappa shape index (κ2) is 7.76. The van der Waals surface area contributed by atoms with E-state index in [0.717, 1.165) is 17.0 Å². The molecular formula is C25H18FN3O. The Morgan fingerprint density at radius 1 is 1.10 bits per heavy atom. The zero-order chi connectivity index (χ0) is 21.3. The molecule has 0 bridgehead atoms. The van der Waals surface area contributed by atoms with Gasteiger partial charge in [-0.3, -0.25) is 14.3 Å². The normalized spacial score (nSPS) is 10.7. The number of hydrogen-bond donors (Lipinski definition) is 0. The Kier molecular flexibility index (Phi) is 4.99. The van der Waals surface area contributed by atoms with Crippen molar-refractivity contribution in [3.05, 3.63) is 101 Å². The van der Waals surface area contributed by atoms with Crippen LogP contribution in [0.3, 0.4) is 0 Å². The van der Waals surface area contributed by atoms with Crippen molar-refractivity contribution in [1.82, 2.24) is 9.55 Å². The molecule has 0 saturated carbocycles. The highest BCUT2D eigenvalue weighted by molar-refractivity contribution is 6.00. The summed E-state index contributed by atoms with van der Waals surface area (Å²) in [5, 5.41) is 10.9. The van der Waals surface area contributed by atoms with Crippen LogP contribution < -0.4 is 5.56 Å². The van der Waals surface area contributed by atoms with Gasteiger partial charge in [-0.25, -0.2) is 4.39 Å². The Balaban J connectivity index is 2.14. The van der Waals surface area contributed by atoms with E-state index >= 15 is 0 Å². The molecule has 2 aromatic heterocycles. The Bertz CT molecular complexity index is 1400. The molecule has 4 rings (SSSR count). The first kappa shape index (κ1) is 19.3. The second-order valence-electron chi connectivity index (χ2n) is 6.97. The highest BCUT2D eigenvalue weighted by Gasteiger charge is 2.19. The van der Waals surface area contributed by atoms with E-state index in [1.165, 1.54) is 16.7 Å². The average Bonchev–Trinajstić information content (AvgIpc) is 2.75. The molecule has 0 fully saturated rings. The molecule has 0 radical (unpaired) electrons. The van der Waals surface area contributed by atoms with Gasteiger partial charge in [-0.05, 0) is 54.3 Å². The van der Waals surface area contributed by atoms with E-state index in [9.17, 15) is 14.4 Å². The first-order valence-corrected chi connectivity index (χ1v) is 9.45. The fourth-order valence-electron chi connectivity index (χ4n) is 3.67. The Labute approximate surface area is 173 Å². The summed E-state index contributed by atoms with van der Waals surface area (Å²) in [6, 6.07) is 19.3. The lowest BCUT2D eigenvalue weighted by molar-refractivity contribution is 0.628. The van der Waals surface area contributed by atoms with Gasteiger partial charge >= 0.3 is 0 Å². The predicted molar refractivity (Wildman–Crippen MR) is 116 cm³/mol. The van der Waals surface area contributed by atoms with Crippen molar-refractivity contribution < 1.29 is 4.39 Å². The van der Waals surface area contributed by atoms with Crippen molar-refractivity contribution in [3.63, 3.8) is 0 Å². The van der Waals surface area contributed by atoms with E-state index in [2.05, 4.69) is 17.6 Å². The third kappa shape index (κ3) is 3.29. The van der Waals surface area contributed by atoms with Crippen LogP contribution >= 0.6 is 0 Å². The van der Waals surface area contributed by atoms with Crippen LogP contribution in [0.2, 0.25) is 0 Å². The summed E-state index contributed by atoms with van der Waals surface area (Å²) in [7, 11) is 0. The van der Waals surface area contributed by atoms with Crippen molar-refractivity contribution in [2.75, 3.05) is 0 Å². The molecule has 0 aliphatic heterocycles. The average molecular weight is 395 g/mol. The first-order chi connectivity index (χ1) is 14.5. The minimum Gasteiger partial charge on any atom is -0.295 e. The van der Waals surface area contributed by atoms with E-state index in [-0.39, 0.29) is 17.8 Å². The van der Waals surface area contributed by atoms with Gasteiger partial charge in [-0.15, -0.1) is 6.58 Å². The zero-order valence-electron chi connectivity index (χ0n) is 16.4. The molecule has 5 heteroatoms. The Hall–Kier alpha value is -4.04. The van der Waals surface area contributed by atoms with Gasteiger partial charge < -0.3 is 0 Å². The molecular weight excluding hydrogens is 377 g/mol. The quantitative estimate of drug-likeness (QED) is 0.444. The lowest BCUT2D eigenvalue weighted by Crippen LogP contribution is -2.23. The maximum atomic E-state index is 14.0. The summed E-state index contributed by atoms with van der Waals surface area (Å²) in [6.07, 6.45) is 1.56. The number of aryl methyl sites for hydroxylation is 1. The molecule has 0 aliphatic rings. The fourth-order valence-corrected chi connectivity index (χ4v) is 3.67. The van der Waals surface area contributed by atoms with Crippen LogP contribution in [0.5, 0.6) is 0 Å². The maximum absolute atomic E-state index is 14.0. The van der Waals surface area contributed by atoms with Crippen LogP contribution in [-0.4, -0.2) is 9.55 Å². The number of halogens is 1. The van der Waals surface area contributed by atoms with Gasteiger partial charge in [0.05, 0.1) is 5.69 Å². The molecule has 4 aromatic rings. The Morgan fingerprint density at radius 3 is 2.60 bits per heavy atom. The SMILES string of the molecule is C=CCn1c(C#N)c(-c2cccc(F)c2)c2cc(-c3cccc(C)n3)ccc2c1=O. The number of nitrogens with zero attached hydrogens (tertiary/aromatic N) is 3. The van der Waals surface area contributed by atoms with Gasteiger partial charge in [0.2, 0.25) is 0 Å². The molecule has 0 amide bonds. The summed E-state index contributed by atoms with van der Waals surface area (Å²) in [6.45, 7) is 5.78. The molecule has 4 nitrogen and oxygen atoms in total. The number of benzene rings is 2. The molecule has 0 atom stereocenters. The largest absolute Gasteiger partial charge is 0.295 e. The van der Waals surface area contributed by atoms with Crippen LogP contribution in [0.15, 0.2) is 78.1 Å². The second-order valence-corrected chi connectivity index (χ2v) is 6.97. The summed E-state index contributed by atoms with van der Waals surface area (Å²) >= 11 is 0. The highest BCUT2D eigenvalue weighted by atomic mass is 19.1. The maximum Gasteiger partial charge on any atom is 0.259 e. The van der Waals surface area contributed by atoms with Crippen molar-refractivity contribution in [1.29, 1.82) is 5.26 Å². The van der Waals surface area contributed by atoms with Crippen LogP contribution in [0.25, 0.3) is 33.2 Å². The smallest absolute Gasteiger partial charge is 0.259 e. The summed E-state index contributed by atoms with van der Waals surface area (Å²) in [5.74, 6) is -0.414. The number of nitriles is 1. The summed E-state index contributed by atoms with van der Waals surface area (Å²) in [5.41, 5.74) is 3.38. The van der Waals surface area contributed by atoms with Gasteiger partial charge in [-0.1, -0.05) is 30.3 Å². The molecule has 0 aliphatic carbocycles. The van der Waals surface area contributed by atoms with Crippen LogP contribution in [0, 0.1) is 24.1 Å². The van der Waals surface area contributed by atoms with E-state index < -0.39 is 5.82 Å². The third-order valence-corrected chi connectivity index (χ3v) is 4.99. The van der Waals surface area contributed by atoms with Gasteiger partial charge in [0.25, 0.3) is 5.56 Å². The van der Waals surface area contributed by atoms with Gasteiger partial charge in [0.15, 0.2) is 0 Å². The number of aromatic nitrogens is 2. The predicted octanol–water partition coefficient (Wildman–Crippen LogP) is 5.24. The van der Waals surface area contributed by atoms with Crippen LogP contribution in [0.1, 0.15) is 11.4 Å². The number of rotatable bonds is 4. The summed E-state index contributed by atoms with van der Waals surface area (Å²) in [4.78, 5) is 17.7. The van der Waals surface area contributed by atoms with Gasteiger partial charge in [0, 0.05) is 28.8 Å². The third-order valence-electron chi connectivity index (χ3n) is 4.99. The molecule has 0 spiro atoms. The molecule has 30 heavy (non-hydrogen) atoms. The standard InChI is InChI=1S/C25H18FN3O/c1-3-12-29-23(15-27)24(18-7-5-8-19(26)13-18)21-14-17(10-11-20(21)25(29)30)22-9-4-6-16(2)28-22/h3-11,13-14H,1,12H2,2H3. The summed E-state index contributed by atoms with van der Waals surface area (Å²) < 4.78 is 15.4. The molecule has 146 valence electrons. The lowest BCUT2D eigenvalue weighted by Gasteiger charge is -2.16.